The van der Waals surface area contributed by atoms with Crippen molar-refractivity contribution in [2.24, 2.45) is 17.6 Å². The van der Waals surface area contributed by atoms with E-state index in [1.807, 2.05) is 0 Å². The fraction of sp³-hybridized carbons (Fsp3) is 0.643. The molecule has 2 aliphatic carbocycles. The van der Waals surface area contributed by atoms with Crippen LogP contribution in [0.2, 0.25) is 0 Å². The Morgan fingerprint density at radius 3 is 2.10 bits per heavy atom. The van der Waals surface area contributed by atoms with E-state index in [0.29, 0.717) is 12.3 Å². The number of carbonyl (C=O) groups is 5. The van der Waals surface area contributed by atoms with Gasteiger partial charge in [-0.1, -0.05) is 64.2 Å². The lowest BCUT2D eigenvalue weighted by Gasteiger charge is -2.31. The number of nitrogens with two attached hydrogens (primary N) is 1. The highest BCUT2D eigenvalue weighted by Gasteiger charge is 2.37. The maximum Gasteiger partial charge on any atom is 0.326 e. The van der Waals surface area contributed by atoms with Crippen molar-refractivity contribution in [3.63, 3.8) is 0 Å². The molecule has 0 unspecified atom stereocenters. The van der Waals surface area contributed by atoms with Crippen LogP contribution in [0.4, 0.5) is 0 Å². The monoisotopic (exact) mass is 543 g/mol. The van der Waals surface area contributed by atoms with E-state index in [2.05, 4.69) is 15.6 Å². The van der Waals surface area contributed by atoms with Gasteiger partial charge in [0.25, 0.3) is 5.91 Å². The zero-order chi connectivity index (χ0) is 28.2. The molecule has 4 amide bonds. The molecule has 1 aromatic rings. The van der Waals surface area contributed by atoms with Crippen LogP contribution in [0.25, 0.3) is 0 Å². The lowest BCUT2D eigenvalue weighted by atomic mass is 9.84. The maximum atomic E-state index is 13.3. The SMILES string of the molecule is N[C@@H](CC1CCCCC1)C(=O)NCC(=O)NCC(=O)N(C(=O)c1cccnc1)[C@@H](CC1CCCCC1)C(=O)O. The number of carboxylic acid groups (broad SMARTS) is 1. The Labute approximate surface area is 229 Å². The number of nitrogens with one attached hydrogen (secondary N) is 2. The van der Waals surface area contributed by atoms with Crippen molar-refractivity contribution in [1.29, 1.82) is 0 Å². The molecule has 2 aliphatic rings. The quantitative estimate of drug-likeness (QED) is 0.310. The number of carbonyl (C=O) groups excluding carboxylic acids is 4. The molecule has 0 bridgehead atoms. The van der Waals surface area contributed by atoms with E-state index in [-0.39, 0.29) is 24.4 Å². The number of hydrogen-bond donors (Lipinski definition) is 4. The molecule has 1 aromatic heterocycles. The first-order chi connectivity index (χ1) is 18.8. The summed E-state index contributed by atoms with van der Waals surface area (Å²) in [5.41, 5.74) is 6.10. The summed E-state index contributed by atoms with van der Waals surface area (Å²) in [5.74, 6) is -3.50. The number of nitrogens with zero attached hydrogens (tertiary/aromatic N) is 2. The molecule has 0 aliphatic heterocycles. The Morgan fingerprint density at radius 1 is 0.923 bits per heavy atom. The minimum Gasteiger partial charge on any atom is -0.480 e. The third kappa shape index (κ3) is 9.42. The van der Waals surface area contributed by atoms with Crippen LogP contribution in [0, 0.1) is 11.8 Å². The van der Waals surface area contributed by atoms with E-state index >= 15 is 0 Å². The van der Waals surface area contributed by atoms with Crippen LogP contribution in [0.3, 0.4) is 0 Å². The molecule has 2 atom stereocenters. The van der Waals surface area contributed by atoms with Gasteiger partial charge < -0.3 is 21.5 Å². The average molecular weight is 544 g/mol. The second-order valence-corrected chi connectivity index (χ2v) is 10.7. The molecular formula is C28H41N5O6. The summed E-state index contributed by atoms with van der Waals surface area (Å²) in [7, 11) is 0. The minimum atomic E-state index is -1.37. The zero-order valence-corrected chi connectivity index (χ0v) is 22.5. The molecule has 2 fully saturated rings. The lowest BCUT2D eigenvalue weighted by molar-refractivity contribution is -0.148. The van der Waals surface area contributed by atoms with Crippen molar-refractivity contribution < 1.29 is 29.1 Å². The van der Waals surface area contributed by atoms with Crippen molar-refractivity contribution in [2.45, 2.75) is 89.1 Å². The molecular weight excluding hydrogens is 502 g/mol. The van der Waals surface area contributed by atoms with E-state index in [1.54, 1.807) is 0 Å². The minimum absolute atomic E-state index is 0.0753. The number of hydrogen-bond acceptors (Lipinski definition) is 7. The highest BCUT2D eigenvalue weighted by Crippen LogP contribution is 2.29. The number of imide groups is 1. The van der Waals surface area contributed by atoms with Crippen LogP contribution < -0.4 is 16.4 Å². The van der Waals surface area contributed by atoms with E-state index in [4.69, 9.17) is 5.73 Å². The number of aliphatic carboxylic acids is 1. The Bertz CT molecular complexity index is 991. The van der Waals surface area contributed by atoms with Crippen LogP contribution in [0.1, 0.15) is 87.4 Å². The van der Waals surface area contributed by atoms with E-state index in [9.17, 15) is 29.1 Å². The van der Waals surface area contributed by atoms with E-state index < -0.39 is 48.2 Å². The predicted molar refractivity (Wildman–Crippen MR) is 143 cm³/mol. The largest absolute Gasteiger partial charge is 0.480 e. The van der Waals surface area contributed by atoms with Crippen molar-refractivity contribution in [2.75, 3.05) is 13.1 Å². The summed E-state index contributed by atoms with van der Waals surface area (Å²) in [6.07, 6.45) is 13.8. The molecule has 0 saturated heterocycles. The number of aromatic nitrogens is 1. The third-order valence-electron chi connectivity index (χ3n) is 7.78. The van der Waals surface area contributed by atoms with Gasteiger partial charge in [-0.25, -0.2) is 4.79 Å². The highest BCUT2D eigenvalue weighted by atomic mass is 16.4. The molecule has 2 saturated carbocycles. The summed E-state index contributed by atoms with van der Waals surface area (Å²) in [6, 6.07) is 0.893. The zero-order valence-electron chi connectivity index (χ0n) is 22.5. The Hall–Kier alpha value is -3.34. The third-order valence-corrected chi connectivity index (χ3v) is 7.78. The first-order valence-electron chi connectivity index (χ1n) is 14.1. The summed E-state index contributed by atoms with van der Waals surface area (Å²) >= 11 is 0. The van der Waals surface area contributed by atoms with Crippen molar-refractivity contribution in [3.8, 4) is 0 Å². The molecule has 214 valence electrons. The first kappa shape index (κ1) is 30.2. The Balaban J connectivity index is 1.59. The normalized spacial score (nSPS) is 18.0. The summed E-state index contributed by atoms with van der Waals surface area (Å²) < 4.78 is 0. The molecule has 0 spiro atoms. The number of rotatable bonds is 12. The summed E-state index contributed by atoms with van der Waals surface area (Å²) in [6.45, 7) is -0.977. The first-order valence-corrected chi connectivity index (χ1v) is 14.1. The number of amides is 4. The maximum absolute atomic E-state index is 13.3. The summed E-state index contributed by atoms with van der Waals surface area (Å²) in [4.78, 5) is 68.2. The second-order valence-electron chi connectivity index (χ2n) is 10.7. The smallest absolute Gasteiger partial charge is 0.326 e. The van der Waals surface area contributed by atoms with Gasteiger partial charge >= 0.3 is 5.97 Å². The second kappa shape index (κ2) is 15.3. The fourth-order valence-electron chi connectivity index (χ4n) is 5.62. The molecule has 1 heterocycles. The van der Waals surface area contributed by atoms with E-state index in [0.717, 1.165) is 62.7 Å². The van der Waals surface area contributed by atoms with E-state index in [1.165, 1.54) is 30.9 Å². The van der Waals surface area contributed by atoms with Gasteiger partial charge in [0.2, 0.25) is 17.7 Å². The van der Waals surface area contributed by atoms with Crippen LogP contribution in [0.15, 0.2) is 24.5 Å². The Kier molecular flexibility index (Phi) is 11.9. The lowest BCUT2D eigenvalue weighted by Crippen LogP contribution is -2.53. The van der Waals surface area contributed by atoms with Crippen molar-refractivity contribution >= 4 is 29.6 Å². The van der Waals surface area contributed by atoms with Crippen molar-refractivity contribution in [3.05, 3.63) is 30.1 Å². The summed E-state index contributed by atoms with van der Waals surface area (Å²) in [5, 5.41) is 14.9. The van der Waals surface area contributed by atoms with Crippen LogP contribution in [0.5, 0.6) is 0 Å². The van der Waals surface area contributed by atoms with Gasteiger partial charge in [-0.2, -0.15) is 0 Å². The van der Waals surface area contributed by atoms with Gasteiger partial charge in [0, 0.05) is 12.4 Å². The molecule has 3 rings (SSSR count). The van der Waals surface area contributed by atoms with Crippen LogP contribution in [-0.2, 0) is 19.2 Å². The standard InChI is InChI=1S/C28H41N5O6/c29-22(14-19-8-3-1-4-9-19)26(36)32-17-24(34)31-18-25(35)33(27(37)21-12-7-13-30-16-21)23(28(38)39)15-20-10-5-2-6-11-20/h7,12-13,16,19-20,22-23H,1-6,8-11,14-15,17-18,29H2,(H,31,34)(H,32,36)(H,38,39)/t22-,23-/m0/s1. The highest BCUT2D eigenvalue weighted by molar-refractivity contribution is 6.08. The molecule has 11 heteroatoms. The number of carboxylic acids is 1. The van der Waals surface area contributed by atoms with Gasteiger partial charge in [-0.15, -0.1) is 0 Å². The number of pyridine rings is 1. The molecule has 0 aromatic carbocycles. The predicted octanol–water partition coefficient (Wildman–Crippen LogP) is 2.00. The van der Waals surface area contributed by atoms with Gasteiger partial charge in [0.1, 0.15) is 6.04 Å². The molecule has 39 heavy (non-hydrogen) atoms. The average Bonchev–Trinajstić information content (AvgIpc) is 2.95. The fourth-order valence-corrected chi connectivity index (χ4v) is 5.62. The van der Waals surface area contributed by atoms with Gasteiger partial charge in [-0.3, -0.25) is 29.1 Å². The Morgan fingerprint density at radius 2 is 1.54 bits per heavy atom. The molecule has 0 radical (unpaired) electrons. The van der Waals surface area contributed by atoms with Crippen LogP contribution in [-0.4, -0.2) is 69.8 Å². The molecule has 5 N–H and O–H groups in total. The van der Waals surface area contributed by atoms with Crippen LogP contribution >= 0.6 is 0 Å². The topological polar surface area (TPSA) is 172 Å². The van der Waals surface area contributed by atoms with Crippen molar-refractivity contribution in [1.82, 2.24) is 20.5 Å². The van der Waals surface area contributed by atoms with Gasteiger partial charge in [0.05, 0.1) is 24.7 Å². The van der Waals surface area contributed by atoms with Gasteiger partial charge in [0.15, 0.2) is 0 Å². The molecule has 11 nitrogen and oxygen atoms in total. The van der Waals surface area contributed by atoms with Gasteiger partial charge in [-0.05, 0) is 36.8 Å².